The lowest BCUT2D eigenvalue weighted by molar-refractivity contribution is 0.275. The number of aliphatic hydroxyl groups is 1. The van der Waals surface area contributed by atoms with Gasteiger partial charge in [-0.05, 0) is 29.5 Å². The summed E-state index contributed by atoms with van der Waals surface area (Å²) in [6.07, 6.45) is 1.00. The molecule has 0 radical (unpaired) electrons. The smallest absolute Gasteiger partial charge is 0.219 e. The second kappa shape index (κ2) is 6.27. The van der Waals surface area contributed by atoms with Crippen LogP contribution in [0.2, 0.25) is 0 Å². The lowest BCUT2D eigenvalue weighted by Crippen LogP contribution is -2.13. The Bertz CT molecular complexity index is 615. The highest BCUT2D eigenvalue weighted by molar-refractivity contribution is 5.43. The molecule has 0 saturated carbocycles. The first-order chi connectivity index (χ1) is 9.94. The van der Waals surface area contributed by atoms with Crippen molar-refractivity contribution in [1.29, 1.82) is 0 Å². The first-order valence-corrected chi connectivity index (χ1v) is 7.32. The van der Waals surface area contributed by atoms with E-state index in [9.17, 15) is 0 Å². The van der Waals surface area contributed by atoms with Crippen molar-refractivity contribution in [3.8, 4) is 11.6 Å². The summed E-state index contributed by atoms with van der Waals surface area (Å²) in [7, 11) is 0. The van der Waals surface area contributed by atoms with E-state index < -0.39 is 0 Å². The summed E-state index contributed by atoms with van der Waals surface area (Å²) in [6.45, 7) is 8.58. The highest BCUT2D eigenvalue weighted by atomic mass is 16.5. The van der Waals surface area contributed by atoms with Crippen molar-refractivity contribution in [2.75, 3.05) is 0 Å². The molecule has 3 heteroatoms. The summed E-state index contributed by atoms with van der Waals surface area (Å²) in [6, 6.07) is 11.7. The van der Waals surface area contributed by atoms with Gasteiger partial charge in [-0.15, -0.1) is 0 Å². The third kappa shape index (κ3) is 3.82. The van der Waals surface area contributed by atoms with Crippen LogP contribution in [0.15, 0.2) is 36.4 Å². The van der Waals surface area contributed by atoms with E-state index in [2.05, 4.69) is 44.8 Å². The molecule has 0 aliphatic carbocycles. The first kappa shape index (κ1) is 15.5. The summed E-state index contributed by atoms with van der Waals surface area (Å²) >= 11 is 0. The Labute approximate surface area is 126 Å². The molecule has 112 valence electrons. The highest BCUT2D eigenvalue weighted by Gasteiger charge is 2.20. The molecule has 1 aromatic heterocycles. The number of hydrogen-bond donors (Lipinski definition) is 1. The fourth-order valence-electron chi connectivity index (χ4n) is 2.19. The summed E-state index contributed by atoms with van der Waals surface area (Å²) in [5.74, 6) is 1.33. The number of aromatic nitrogens is 1. The zero-order valence-corrected chi connectivity index (χ0v) is 13.2. The molecule has 21 heavy (non-hydrogen) atoms. The van der Waals surface area contributed by atoms with Crippen LogP contribution in [-0.4, -0.2) is 10.1 Å². The summed E-state index contributed by atoms with van der Waals surface area (Å²) in [5.41, 5.74) is 3.06. The van der Waals surface area contributed by atoms with Gasteiger partial charge in [0.1, 0.15) is 5.75 Å². The Morgan fingerprint density at radius 3 is 2.52 bits per heavy atom. The van der Waals surface area contributed by atoms with Gasteiger partial charge in [0.2, 0.25) is 5.88 Å². The van der Waals surface area contributed by atoms with Gasteiger partial charge in [0, 0.05) is 11.6 Å². The fourth-order valence-corrected chi connectivity index (χ4v) is 2.19. The monoisotopic (exact) mass is 285 g/mol. The number of aryl methyl sites for hydroxylation is 1. The van der Waals surface area contributed by atoms with Crippen LogP contribution in [0, 0.1) is 0 Å². The third-order valence-corrected chi connectivity index (χ3v) is 3.42. The summed E-state index contributed by atoms with van der Waals surface area (Å²) < 4.78 is 5.96. The van der Waals surface area contributed by atoms with Crippen molar-refractivity contribution in [2.45, 2.75) is 46.1 Å². The van der Waals surface area contributed by atoms with Crippen LogP contribution >= 0.6 is 0 Å². The second-order valence-electron chi connectivity index (χ2n) is 6.16. The van der Waals surface area contributed by atoms with Gasteiger partial charge in [-0.3, -0.25) is 0 Å². The maximum Gasteiger partial charge on any atom is 0.219 e. The molecule has 3 nitrogen and oxygen atoms in total. The Morgan fingerprint density at radius 2 is 1.90 bits per heavy atom. The number of pyridine rings is 1. The first-order valence-electron chi connectivity index (χ1n) is 7.32. The van der Waals surface area contributed by atoms with Crippen LogP contribution in [0.1, 0.15) is 44.5 Å². The number of rotatable bonds is 4. The molecule has 2 rings (SSSR count). The fraction of sp³-hybridized carbons (Fsp3) is 0.389. The molecule has 0 saturated heterocycles. The lowest BCUT2D eigenvalue weighted by atomic mass is 9.85. The predicted molar refractivity (Wildman–Crippen MR) is 84.8 cm³/mol. The summed E-state index contributed by atoms with van der Waals surface area (Å²) in [4.78, 5) is 4.28. The number of nitrogens with zero attached hydrogens (tertiary/aromatic N) is 1. The topological polar surface area (TPSA) is 42.4 Å². The molecule has 1 heterocycles. The molecule has 0 bridgehead atoms. The van der Waals surface area contributed by atoms with Gasteiger partial charge in [0.15, 0.2) is 0 Å². The van der Waals surface area contributed by atoms with Gasteiger partial charge < -0.3 is 9.84 Å². The van der Waals surface area contributed by atoms with E-state index in [1.165, 1.54) is 5.56 Å². The lowest BCUT2D eigenvalue weighted by Gasteiger charge is -2.23. The van der Waals surface area contributed by atoms with Crippen LogP contribution in [0.4, 0.5) is 0 Å². The van der Waals surface area contributed by atoms with Crippen molar-refractivity contribution in [3.05, 3.63) is 53.2 Å². The number of aliphatic hydroxyl groups excluding tert-OH is 1. The molecular formula is C18H23NO2. The molecule has 2 aromatic rings. The van der Waals surface area contributed by atoms with Crippen molar-refractivity contribution in [3.63, 3.8) is 0 Å². The van der Waals surface area contributed by atoms with Crippen molar-refractivity contribution in [1.82, 2.24) is 4.98 Å². The molecular weight excluding hydrogens is 262 g/mol. The van der Waals surface area contributed by atoms with E-state index in [0.29, 0.717) is 11.6 Å². The van der Waals surface area contributed by atoms with Gasteiger partial charge >= 0.3 is 0 Å². The van der Waals surface area contributed by atoms with Crippen LogP contribution in [0.25, 0.3) is 0 Å². The van der Waals surface area contributed by atoms with Gasteiger partial charge in [0.05, 0.1) is 12.3 Å². The standard InChI is InChI=1S/C18H23NO2/c1-5-13-9-10-16(15(11-13)18(2,3)4)21-17-8-6-7-14(12-20)19-17/h6-11,20H,5,12H2,1-4H3. The van der Waals surface area contributed by atoms with Crippen molar-refractivity contribution < 1.29 is 9.84 Å². The van der Waals surface area contributed by atoms with Gasteiger partial charge in [0.25, 0.3) is 0 Å². The molecule has 0 fully saturated rings. The number of benzene rings is 1. The highest BCUT2D eigenvalue weighted by Crippen LogP contribution is 2.34. The zero-order chi connectivity index (χ0) is 15.5. The average molecular weight is 285 g/mol. The maximum atomic E-state index is 9.16. The van der Waals surface area contributed by atoms with Crippen LogP contribution in [-0.2, 0) is 18.4 Å². The van der Waals surface area contributed by atoms with E-state index >= 15 is 0 Å². The normalized spacial score (nSPS) is 11.5. The van der Waals surface area contributed by atoms with Crippen LogP contribution < -0.4 is 4.74 Å². The molecule has 0 aliphatic rings. The maximum absolute atomic E-state index is 9.16. The van der Waals surface area contributed by atoms with Gasteiger partial charge in [-0.1, -0.05) is 45.9 Å². The minimum Gasteiger partial charge on any atom is -0.439 e. The molecule has 1 N–H and O–H groups in total. The molecule has 0 spiro atoms. The van der Waals surface area contributed by atoms with E-state index in [4.69, 9.17) is 9.84 Å². The number of hydrogen-bond acceptors (Lipinski definition) is 3. The average Bonchev–Trinajstić information content (AvgIpc) is 2.46. The SMILES string of the molecule is CCc1ccc(Oc2cccc(CO)n2)c(C(C)(C)C)c1. The Balaban J connectivity index is 2.39. The minimum absolute atomic E-state index is 0.00486. The largest absolute Gasteiger partial charge is 0.439 e. The quantitative estimate of drug-likeness (QED) is 0.914. The van der Waals surface area contributed by atoms with E-state index in [1.807, 2.05) is 12.1 Å². The Hall–Kier alpha value is -1.87. The Kier molecular flexibility index (Phi) is 4.63. The molecule has 0 amide bonds. The van der Waals surface area contributed by atoms with Crippen LogP contribution in [0.3, 0.4) is 0 Å². The zero-order valence-electron chi connectivity index (χ0n) is 13.2. The molecule has 0 atom stereocenters. The van der Waals surface area contributed by atoms with Gasteiger partial charge in [-0.25, -0.2) is 4.98 Å². The third-order valence-electron chi connectivity index (χ3n) is 3.42. The molecule has 1 aromatic carbocycles. The second-order valence-corrected chi connectivity index (χ2v) is 6.16. The predicted octanol–water partition coefficient (Wildman–Crippen LogP) is 4.23. The molecule has 0 aliphatic heterocycles. The van der Waals surface area contributed by atoms with Crippen LogP contribution in [0.5, 0.6) is 11.6 Å². The van der Waals surface area contributed by atoms with Crippen molar-refractivity contribution in [2.24, 2.45) is 0 Å². The van der Waals surface area contributed by atoms with E-state index in [1.54, 1.807) is 12.1 Å². The van der Waals surface area contributed by atoms with E-state index in [-0.39, 0.29) is 12.0 Å². The molecule has 0 unspecified atom stereocenters. The Morgan fingerprint density at radius 1 is 1.14 bits per heavy atom. The van der Waals surface area contributed by atoms with E-state index in [0.717, 1.165) is 17.7 Å². The van der Waals surface area contributed by atoms with Gasteiger partial charge in [-0.2, -0.15) is 0 Å². The number of ether oxygens (including phenoxy) is 1. The minimum atomic E-state index is -0.0852. The van der Waals surface area contributed by atoms with Crippen molar-refractivity contribution >= 4 is 0 Å². The summed E-state index contributed by atoms with van der Waals surface area (Å²) in [5, 5.41) is 9.16.